The summed E-state index contributed by atoms with van der Waals surface area (Å²) in [5, 5.41) is 12.1. The van der Waals surface area contributed by atoms with Gasteiger partial charge in [0.15, 0.2) is 17.3 Å². The molecule has 5 rings (SSSR count). The number of nitrogens with one attached hydrogen (secondary N) is 1. The van der Waals surface area contributed by atoms with E-state index < -0.39 is 41.5 Å². The number of Topliss-reactive ketones (excluding diaryl/α,β-unsaturated/α-hetero) is 3. The van der Waals surface area contributed by atoms with Crippen molar-refractivity contribution in [3.8, 4) is 40.0 Å². The zero-order chi connectivity index (χ0) is 48.3. The van der Waals surface area contributed by atoms with E-state index in [1.165, 1.54) is 11.9 Å². The van der Waals surface area contributed by atoms with Gasteiger partial charge in [0, 0.05) is 85.6 Å². The Morgan fingerprint density at radius 2 is 1.55 bits per heavy atom. The second-order valence-electron chi connectivity index (χ2n) is 18.0. The highest BCUT2D eigenvalue weighted by Gasteiger charge is 2.36. The number of ketones is 3. The van der Waals surface area contributed by atoms with Gasteiger partial charge in [0.05, 0.1) is 23.5 Å². The van der Waals surface area contributed by atoms with E-state index in [1.807, 2.05) is 36.4 Å². The van der Waals surface area contributed by atoms with Gasteiger partial charge in [-0.05, 0) is 78.7 Å². The number of nitrogens with zero attached hydrogens (tertiary/aromatic N) is 3. The smallest absolute Gasteiger partial charge is 0.226 e. The Balaban J connectivity index is 1.57. The highest BCUT2D eigenvalue weighted by atomic mass is 16.5. The van der Waals surface area contributed by atoms with Crippen LogP contribution in [0.2, 0.25) is 0 Å². The van der Waals surface area contributed by atoms with Crippen LogP contribution in [0.5, 0.6) is 11.5 Å². The van der Waals surface area contributed by atoms with E-state index in [2.05, 4.69) is 26.1 Å². The molecule has 2 amide bonds. The summed E-state index contributed by atoms with van der Waals surface area (Å²) in [4.78, 5) is 77.0. The number of fused-ring (bicyclic) bond motifs is 5. The van der Waals surface area contributed by atoms with Gasteiger partial charge < -0.3 is 42.6 Å². The van der Waals surface area contributed by atoms with Crippen molar-refractivity contribution in [2.45, 2.75) is 90.6 Å². The summed E-state index contributed by atoms with van der Waals surface area (Å²) in [6.45, 7) is 10.5. The number of benzene rings is 3. The second kappa shape index (κ2) is 22.6. The van der Waals surface area contributed by atoms with Gasteiger partial charge in [-0.1, -0.05) is 64.1 Å². The van der Waals surface area contributed by atoms with E-state index in [4.69, 9.17) is 37.4 Å². The van der Waals surface area contributed by atoms with E-state index in [0.29, 0.717) is 50.8 Å². The minimum Gasteiger partial charge on any atom is -0.492 e. The minimum absolute atomic E-state index is 0.0342. The minimum atomic E-state index is -1.25. The fraction of sp³-hybridized carbons (Fsp3) is 0.431. The van der Waals surface area contributed by atoms with Gasteiger partial charge >= 0.3 is 0 Å². The number of hydrogen-bond donors (Lipinski definition) is 5. The number of hydrogen-bond acceptors (Lipinski definition) is 13. The quantitative estimate of drug-likeness (QED) is 0.0819. The summed E-state index contributed by atoms with van der Waals surface area (Å²) in [5.74, 6) is -3.25. The predicted molar refractivity (Wildman–Crippen MR) is 254 cm³/mol. The Kier molecular flexibility index (Phi) is 17.3. The third-order valence-corrected chi connectivity index (χ3v) is 11.9. The maximum absolute atomic E-state index is 14.8. The molecule has 0 unspecified atom stereocenters. The molecular weight excluding hydrogens is 837 g/mol. The van der Waals surface area contributed by atoms with E-state index >= 15 is 0 Å². The number of nitrogen functional groups attached to an aromatic ring is 1. The summed E-state index contributed by atoms with van der Waals surface area (Å²) < 4.78 is 12.3. The average molecular weight is 901 g/mol. The number of carbonyl (C=O) groups excluding carboxylic acids is 5. The van der Waals surface area contributed by atoms with Gasteiger partial charge in [-0.15, -0.1) is 0 Å². The molecule has 0 radical (unpaired) electrons. The third-order valence-electron chi connectivity index (χ3n) is 11.9. The van der Waals surface area contributed by atoms with Crippen LogP contribution in [0.1, 0.15) is 98.6 Å². The van der Waals surface area contributed by atoms with E-state index in [-0.39, 0.29) is 93.9 Å². The number of rotatable bonds is 17. The molecule has 3 aromatic carbocycles. The van der Waals surface area contributed by atoms with Crippen LogP contribution in [0, 0.1) is 30.1 Å². The van der Waals surface area contributed by atoms with Gasteiger partial charge in [0.25, 0.3) is 0 Å². The number of aryl methyl sites for hydroxylation is 1. The van der Waals surface area contributed by atoms with Crippen molar-refractivity contribution < 1.29 is 33.4 Å². The molecule has 4 bridgehead atoms. The predicted octanol–water partition coefficient (Wildman–Crippen LogP) is 5.53. The molecule has 1 aromatic heterocycles. The Hall–Kier alpha value is -6.47. The largest absolute Gasteiger partial charge is 0.492 e. The standard InChI is InChI=1S/C51H64N8O7/c1-30-24-44(62)48(59(6)50(64)35(17-19-53)28-43(61)37-29-40(56)47(57-31(37)2)33-10-13-36(14-11-33)51(3,4)5)34-12-16-46(66-23-21-55)39(27-34)38-25-32(9-15-45(38)65-22-20-54)26-41(58-49(30)63)42(60)8-7-18-52/h9-16,25,27,29-30,35,41,48H,7-8,17,19-24,26,28,53-56H2,1-6H3,(H,58,63)/t30-,35-,41+,48+/m1/s1. The maximum Gasteiger partial charge on any atom is 0.226 e. The molecule has 15 heteroatoms. The molecule has 0 saturated heterocycles. The summed E-state index contributed by atoms with van der Waals surface area (Å²) in [6, 6.07) is 19.8. The van der Waals surface area contributed by atoms with Crippen molar-refractivity contribution in [2.75, 3.05) is 45.6 Å². The summed E-state index contributed by atoms with van der Waals surface area (Å²) in [6.07, 6.45) is -0.441. The summed E-state index contributed by atoms with van der Waals surface area (Å²) in [5.41, 5.74) is 29.9. The lowest BCUT2D eigenvalue weighted by Gasteiger charge is -2.32. The number of anilines is 1. The first-order valence-electron chi connectivity index (χ1n) is 22.5. The van der Waals surface area contributed by atoms with Crippen molar-refractivity contribution in [1.29, 1.82) is 5.26 Å². The van der Waals surface area contributed by atoms with Crippen molar-refractivity contribution in [1.82, 2.24) is 15.2 Å². The van der Waals surface area contributed by atoms with Gasteiger partial charge in [-0.25, -0.2) is 0 Å². The lowest BCUT2D eigenvalue weighted by atomic mass is 9.86. The summed E-state index contributed by atoms with van der Waals surface area (Å²) >= 11 is 0. The molecule has 4 aromatic rings. The topological polar surface area (TPSA) is 260 Å². The average Bonchev–Trinajstić information content (AvgIpc) is 3.29. The van der Waals surface area contributed by atoms with Crippen molar-refractivity contribution in [2.24, 2.45) is 29.0 Å². The zero-order valence-electron chi connectivity index (χ0n) is 38.9. The monoisotopic (exact) mass is 900 g/mol. The first-order chi connectivity index (χ1) is 31.4. The second-order valence-corrected chi connectivity index (χ2v) is 18.0. The van der Waals surface area contributed by atoms with Crippen LogP contribution >= 0.6 is 0 Å². The number of pyridine rings is 1. The fourth-order valence-electron chi connectivity index (χ4n) is 8.24. The van der Waals surface area contributed by atoms with Crippen molar-refractivity contribution in [3.63, 3.8) is 0 Å². The summed E-state index contributed by atoms with van der Waals surface area (Å²) in [7, 11) is 1.50. The Bertz CT molecular complexity index is 2460. The number of amides is 2. The van der Waals surface area contributed by atoms with Gasteiger partial charge in [0.1, 0.15) is 30.8 Å². The van der Waals surface area contributed by atoms with E-state index in [9.17, 15) is 29.2 Å². The molecular formula is C51H64N8O7. The van der Waals surface area contributed by atoms with Crippen LogP contribution in [-0.4, -0.2) is 85.0 Å². The number of likely N-dealkylation sites (N-methyl/N-ethyl adjacent to an activating group) is 1. The molecule has 4 atom stereocenters. The number of nitriles is 1. The van der Waals surface area contributed by atoms with E-state index in [1.54, 1.807) is 50.2 Å². The van der Waals surface area contributed by atoms with Crippen LogP contribution in [0.15, 0.2) is 66.7 Å². The highest BCUT2D eigenvalue weighted by Crippen LogP contribution is 2.41. The van der Waals surface area contributed by atoms with Crippen LogP contribution in [0.25, 0.3) is 22.4 Å². The molecule has 0 spiro atoms. The zero-order valence-corrected chi connectivity index (χ0v) is 38.9. The SMILES string of the molecule is Cc1nc(-c2ccc(C(C)(C)C)cc2)c(N)cc1C(=O)C[C@@H](CCN)C(=O)N(C)[C@@H]1C(=O)C[C@@H](C)C(=O)N[C@H](C(=O)CCC#N)Cc2ccc(OCCN)c(c2)-c2cc1ccc2OCCN. The molecule has 0 saturated carbocycles. The number of carbonyl (C=O) groups is 5. The van der Waals surface area contributed by atoms with Crippen molar-refractivity contribution >= 4 is 34.9 Å². The molecule has 1 aliphatic rings. The molecule has 1 aliphatic heterocycles. The Morgan fingerprint density at radius 3 is 2.15 bits per heavy atom. The molecule has 0 fully saturated rings. The van der Waals surface area contributed by atoms with Gasteiger partial charge in [0.2, 0.25) is 11.8 Å². The Morgan fingerprint density at radius 1 is 0.909 bits per heavy atom. The lowest BCUT2D eigenvalue weighted by Crippen LogP contribution is -2.46. The third kappa shape index (κ3) is 12.2. The van der Waals surface area contributed by atoms with Crippen LogP contribution in [0.3, 0.4) is 0 Å². The van der Waals surface area contributed by atoms with Crippen molar-refractivity contribution in [3.05, 3.63) is 94.7 Å². The Labute approximate surface area is 387 Å². The first-order valence-corrected chi connectivity index (χ1v) is 22.5. The van der Waals surface area contributed by atoms with Gasteiger partial charge in [-0.3, -0.25) is 29.0 Å². The molecule has 350 valence electrons. The first kappa shape index (κ1) is 50.5. The number of nitrogens with two attached hydrogens (primary N) is 4. The van der Waals surface area contributed by atoms with Crippen LogP contribution < -0.4 is 37.7 Å². The van der Waals surface area contributed by atoms with Crippen LogP contribution in [0.4, 0.5) is 5.69 Å². The normalized spacial score (nSPS) is 16.9. The highest BCUT2D eigenvalue weighted by molar-refractivity contribution is 6.02. The molecule has 0 aliphatic carbocycles. The number of aromatic nitrogens is 1. The number of ether oxygens (including phenoxy) is 2. The van der Waals surface area contributed by atoms with Gasteiger partial charge in [-0.2, -0.15) is 5.26 Å². The maximum atomic E-state index is 14.8. The molecule has 66 heavy (non-hydrogen) atoms. The molecule has 9 N–H and O–H groups in total. The molecule has 15 nitrogen and oxygen atoms in total. The fourth-order valence-corrected chi connectivity index (χ4v) is 8.24. The molecule has 2 heterocycles. The lowest BCUT2D eigenvalue weighted by molar-refractivity contribution is -0.142. The van der Waals surface area contributed by atoms with Crippen LogP contribution in [-0.2, 0) is 31.0 Å². The van der Waals surface area contributed by atoms with E-state index in [0.717, 1.165) is 11.1 Å².